The van der Waals surface area contributed by atoms with Crippen LogP contribution in [0.15, 0.2) is 30.3 Å². The van der Waals surface area contributed by atoms with Crippen LogP contribution in [0.5, 0.6) is 0 Å². The van der Waals surface area contributed by atoms with Crippen molar-refractivity contribution >= 4 is 9.24 Å². The van der Waals surface area contributed by atoms with Crippen molar-refractivity contribution in [2.45, 2.75) is 6.54 Å². The maximum atomic E-state index is 3.39. The van der Waals surface area contributed by atoms with Gasteiger partial charge in [-0.15, -0.1) is 9.24 Å². The number of likely N-dealkylation sites (N-methyl/N-ethyl adjacent to an activating group) is 1. The second-order valence-electron chi connectivity index (χ2n) is 3.76. The van der Waals surface area contributed by atoms with Crippen molar-refractivity contribution in [1.29, 1.82) is 0 Å². The molecule has 1 unspecified atom stereocenters. The first-order valence-corrected chi connectivity index (χ1v) is 6.28. The third-order valence-electron chi connectivity index (χ3n) is 2.29. The Morgan fingerprint density at radius 2 is 1.93 bits per heavy atom. The lowest BCUT2D eigenvalue weighted by Crippen LogP contribution is -2.29. The minimum absolute atomic E-state index is 1.03. The Hall–Kier alpha value is -0.430. The first-order valence-electron chi connectivity index (χ1n) is 5.46. The fourth-order valence-corrected chi connectivity index (χ4v) is 1.68. The minimum atomic E-state index is 1.03. The van der Waals surface area contributed by atoms with Crippen LogP contribution in [-0.4, -0.2) is 37.7 Å². The number of hydrogen-bond donors (Lipinski definition) is 1. The summed E-state index contributed by atoms with van der Waals surface area (Å²) >= 11 is 0. The fourth-order valence-electron chi connectivity index (χ4n) is 1.47. The largest absolute Gasteiger partial charge is 0.315 e. The van der Waals surface area contributed by atoms with Crippen molar-refractivity contribution in [3.05, 3.63) is 35.9 Å². The Balaban J connectivity index is 2.16. The number of nitrogens with zero attached hydrogens (tertiary/aromatic N) is 1. The van der Waals surface area contributed by atoms with Gasteiger partial charge in [-0.25, -0.2) is 0 Å². The third-order valence-corrected chi connectivity index (χ3v) is 2.58. The van der Waals surface area contributed by atoms with Gasteiger partial charge in [0.1, 0.15) is 0 Å². The second-order valence-corrected chi connectivity index (χ2v) is 4.34. The quantitative estimate of drug-likeness (QED) is 0.559. The van der Waals surface area contributed by atoms with Crippen LogP contribution in [0.3, 0.4) is 0 Å². The van der Waals surface area contributed by atoms with Gasteiger partial charge in [-0.05, 0) is 25.3 Å². The molecule has 0 saturated heterocycles. The highest BCUT2D eigenvalue weighted by atomic mass is 31.0. The van der Waals surface area contributed by atoms with Gasteiger partial charge in [-0.2, -0.15) is 0 Å². The molecule has 2 nitrogen and oxygen atoms in total. The zero-order valence-corrected chi connectivity index (χ0v) is 10.6. The molecular weight excluding hydrogens is 203 g/mol. The molecule has 1 N–H and O–H groups in total. The van der Waals surface area contributed by atoms with E-state index in [1.165, 1.54) is 5.56 Å². The topological polar surface area (TPSA) is 15.3 Å². The van der Waals surface area contributed by atoms with E-state index in [9.17, 15) is 0 Å². The van der Waals surface area contributed by atoms with Gasteiger partial charge in [0.05, 0.1) is 0 Å². The first-order chi connectivity index (χ1) is 7.33. The molecule has 1 rings (SSSR count). The van der Waals surface area contributed by atoms with Crippen LogP contribution in [0.4, 0.5) is 0 Å². The van der Waals surface area contributed by atoms with E-state index >= 15 is 0 Å². The molecule has 0 fully saturated rings. The smallest absolute Gasteiger partial charge is 0.0231 e. The molecule has 0 saturated carbocycles. The van der Waals surface area contributed by atoms with Crippen molar-refractivity contribution in [2.75, 3.05) is 32.8 Å². The zero-order chi connectivity index (χ0) is 10.9. The van der Waals surface area contributed by atoms with E-state index in [-0.39, 0.29) is 0 Å². The van der Waals surface area contributed by atoms with E-state index in [2.05, 4.69) is 56.8 Å². The number of nitrogens with one attached hydrogen (secondary N) is 1. The van der Waals surface area contributed by atoms with Crippen molar-refractivity contribution in [2.24, 2.45) is 0 Å². The lowest BCUT2D eigenvalue weighted by molar-refractivity contribution is 0.326. The summed E-state index contributed by atoms with van der Waals surface area (Å²) in [4.78, 5) is 2.34. The molecule has 0 radical (unpaired) electrons. The van der Waals surface area contributed by atoms with Crippen LogP contribution in [0.1, 0.15) is 5.56 Å². The second kappa shape index (κ2) is 7.81. The molecular formula is C12H21N2P. The van der Waals surface area contributed by atoms with E-state index in [4.69, 9.17) is 0 Å². The van der Waals surface area contributed by atoms with Crippen LogP contribution in [-0.2, 0) is 6.54 Å². The first kappa shape index (κ1) is 12.6. The average Bonchev–Trinajstić information content (AvgIpc) is 2.26. The molecule has 0 aromatic heterocycles. The molecule has 1 aromatic carbocycles. The predicted molar refractivity (Wildman–Crippen MR) is 70.2 cm³/mol. The Morgan fingerprint density at radius 1 is 1.20 bits per heavy atom. The van der Waals surface area contributed by atoms with Crippen LogP contribution >= 0.6 is 9.24 Å². The highest BCUT2D eigenvalue weighted by Crippen LogP contribution is 2.01. The highest BCUT2D eigenvalue weighted by molar-refractivity contribution is 7.16. The molecule has 0 heterocycles. The normalized spacial score (nSPS) is 10.9. The fraction of sp³-hybridized carbons (Fsp3) is 0.500. The Labute approximate surface area is 95.3 Å². The van der Waals surface area contributed by atoms with Gasteiger partial charge in [-0.3, -0.25) is 0 Å². The van der Waals surface area contributed by atoms with E-state index in [0.29, 0.717) is 0 Å². The van der Waals surface area contributed by atoms with Crippen LogP contribution < -0.4 is 5.32 Å². The summed E-state index contributed by atoms with van der Waals surface area (Å²) in [5, 5.41) is 3.39. The molecule has 15 heavy (non-hydrogen) atoms. The van der Waals surface area contributed by atoms with Crippen LogP contribution in [0, 0.1) is 0 Å². The van der Waals surface area contributed by atoms with Gasteiger partial charge in [0.2, 0.25) is 0 Å². The third kappa shape index (κ3) is 5.88. The summed E-state index contributed by atoms with van der Waals surface area (Å²) in [6, 6.07) is 10.6. The zero-order valence-electron chi connectivity index (χ0n) is 9.45. The Kier molecular flexibility index (Phi) is 6.58. The number of hydrogen-bond acceptors (Lipinski definition) is 2. The molecule has 3 heteroatoms. The summed E-state index contributed by atoms with van der Waals surface area (Å²) in [6.45, 7) is 4.28. The number of benzene rings is 1. The van der Waals surface area contributed by atoms with E-state index in [0.717, 1.165) is 32.3 Å². The van der Waals surface area contributed by atoms with Gasteiger partial charge in [0.25, 0.3) is 0 Å². The van der Waals surface area contributed by atoms with E-state index in [1.807, 2.05) is 0 Å². The van der Waals surface area contributed by atoms with Gasteiger partial charge in [-0.1, -0.05) is 30.3 Å². The van der Waals surface area contributed by atoms with Gasteiger partial charge >= 0.3 is 0 Å². The van der Waals surface area contributed by atoms with Crippen molar-refractivity contribution in [3.63, 3.8) is 0 Å². The molecule has 0 spiro atoms. The molecule has 0 aliphatic carbocycles. The van der Waals surface area contributed by atoms with Gasteiger partial charge < -0.3 is 10.2 Å². The lowest BCUT2D eigenvalue weighted by atomic mass is 10.2. The standard InChI is InChI=1S/C12H21N2P/c1-14(9-7-13-8-10-15)11-12-5-3-2-4-6-12/h2-6,13H,7-11,15H2,1H3. The maximum absolute atomic E-state index is 3.39. The lowest BCUT2D eigenvalue weighted by Gasteiger charge is -2.16. The van der Waals surface area contributed by atoms with E-state index < -0.39 is 0 Å². The molecule has 0 aliphatic heterocycles. The number of rotatable bonds is 7. The molecule has 84 valence electrons. The summed E-state index contributed by atoms with van der Waals surface area (Å²) < 4.78 is 0. The summed E-state index contributed by atoms with van der Waals surface area (Å²) in [5.74, 6) is 0. The van der Waals surface area contributed by atoms with Crippen LogP contribution in [0.2, 0.25) is 0 Å². The van der Waals surface area contributed by atoms with Crippen molar-refractivity contribution in [3.8, 4) is 0 Å². The van der Waals surface area contributed by atoms with E-state index in [1.54, 1.807) is 0 Å². The molecule has 0 bridgehead atoms. The SMILES string of the molecule is CN(CCNCCP)Cc1ccccc1. The van der Waals surface area contributed by atoms with Crippen molar-refractivity contribution in [1.82, 2.24) is 10.2 Å². The maximum Gasteiger partial charge on any atom is 0.0231 e. The molecule has 0 amide bonds. The van der Waals surface area contributed by atoms with Crippen molar-refractivity contribution < 1.29 is 0 Å². The predicted octanol–water partition coefficient (Wildman–Crippen LogP) is 1.58. The summed E-state index contributed by atoms with van der Waals surface area (Å²) in [6.07, 6.45) is 1.13. The Morgan fingerprint density at radius 3 is 2.60 bits per heavy atom. The average molecular weight is 224 g/mol. The van der Waals surface area contributed by atoms with Gasteiger partial charge in [0, 0.05) is 19.6 Å². The summed E-state index contributed by atoms with van der Waals surface area (Å²) in [7, 11) is 4.89. The molecule has 1 atom stereocenters. The summed E-state index contributed by atoms with van der Waals surface area (Å²) in [5.41, 5.74) is 1.38. The molecule has 0 aliphatic rings. The monoisotopic (exact) mass is 224 g/mol. The highest BCUT2D eigenvalue weighted by Gasteiger charge is 1.98. The van der Waals surface area contributed by atoms with Gasteiger partial charge in [0.15, 0.2) is 0 Å². The molecule has 1 aromatic rings. The Bertz CT molecular complexity index is 251. The van der Waals surface area contributed by atoms with Crippen LogP contribution in [0.25, 0.3) is 0 Å². The minimum Gasteiger partial charge on any atom is -0.315 e.